The van der Waals surface area contributed by atoms with Crippen LogP contribution in [0.1, 0.15) is 12.0 Å². The summed E-state index contributed by atoms with van der Waals surface area (Å²) in [6.07, 6.45) is 2.57. The molecule has 1 unspecified atom stereocenters. The number of carbonyl (C=O) groups excluding carboxylic acids is 1. The van der Waals surface area contributed by atoms with Crippen LogP contribution < -0.4 is 4.90 Å². The Labute approximate surface area is 92.0 Å². The Hall–Kier alpha value is -0.830. The largest absolute Gasteiger partial charge is 0.371 e. The molecule has 0 amide bonds. The second kappa shape index (κ2) is 3.73. The summed E-state index contributed by atoms with van der Waals surface area (Å²) in [5.41, 5.74) is 2.56. The molecule has 0 saturated carbocycles. The monoisotopic (exact) mass is 253 g/mol. The Balaban J connectivity index is 2.35. The lowest BCUT2D eigenvalue weighted by atomic mass is 10.1. The first-order valence-electron chi connectivity index (χ1n) is 4.68. The lowest BCUT2D eigenvalue weighted by Crippen LogP contribution is -2.27. The van der Waals surface area contributed by atoms with Crippen LogP contribution in [-0.2, 0) is 11.2 Å². The summed E-state index contributed by atoms with van der Waals surface area (Å²) < 4.78 is 1.15. The van der Waals surface area contributed by atoms with E-state index in [2.05, 4.69) is 33.0 Å². The maximum atomic E-state index is 10.5. The van der Waals surface area contributed by atoms with E-state index in [1.54, 1.807) is 0 Å². The van der Waals surface area contributed by atoms with Gasteiger partial charge in [-0.1, -0.05) is 22.0 Å². The first-order chi connectivity index (χ1) is 6.74. The highest BCUT2D eigenvalue weighted by atomic mass is 79.9. The van der Waals surface area contributed by atoms with Crippen LogP contribution in [-0.4, -0.2) is 19.4 Å². The minimum Gasteiger partial charge on any atom is -0.371 e. The van der Waals surface area contributed by atoms with E-state index in [1.807, 2.05) is 13.1 Å². The van der Waals surface area contributed by atoms with Crippen molar-refractivity contribution in [1.82, 2.24) is 0 Å². The Kier molecular flexibility index (Phi) is 2.59. The molecule has 0 fully saturated rings. The second-order valence-electron chi connectivity index (χ2n) is 3.61. The predicted octanol–water partition coefficient (Wildman–Crippen LogP) is 2.40. The minimum atomic E-state index is 0.334. The van der Waals surface area contributed by atoms with Gasteiger partial charge in [-0.3, -0.25) is 0 Å². The first kappa shape index (κ1) is 9.71. The van der Waals surface area contributed by atoms with Gasteiger partial charge >= 0.3 is 0 Å². The van der Waals surface area contributed by atoms with Crippen LogP contribution in [0.5, 0.6) is 0 Å². The van der Waals surface area contributed by atoms with Crippen LogP contribution in [0.2, 0.25) is 0 Å². The van der Waals surface area contributed by atoms with Crippen LogP contribution in [0.15, 0.2) is 22.7 Å². The van der Waals surface area contributed by atoms with Gasteiger partial charge in [0.25, 0.3) is 0 Å². The van der Waals surface area contributed by atoms with Crippen molar-refractivity contribution in [2.45, 2.75) is 18.9 Å². The highest BCUT2D eigenvalue weighted by Crippen LogP contribution is 2.36. The van der Waals surface area contributed by atoms with Gasteiger partial charge in [0.15, 0.2) is 0 Å². The number of carbonyl (C=O) groups is 1. The Morgan fingerprint density at radius 2 is 2.43 bits per heavy atom. The molecule has 0 bridgehead atoms. The van der Waals surface area contributed by atoms with E-state index < -0.39 is 0 Å². The third-order valence-electron chi connectivity index (χ3n) is 2.83. The average Bonchev–Trinajstić information content (AvgIpc) is 2.48. The summed E-state index contributed by atoms with van der Waals surface area (Å²) in [6.45, 7) is 0. The molecule has 14 heavy (non-hydrogen) atoms. The molecule has 0 spiro atoms. The number of fused-ring (bicyclic) bond motifs is 1. The SMILES string of the molecule is CN1c2cccc(Br)c2CC1CC=O. The molecule has 1 atom stereocenters. The molecule has 2 rings (SSSR count). The molecule has 2 nitrogen and oxygen atoms in total. The standard InChI is InChI=1S/C11H12BrNO/c1-13-8(5-6-14)7-9-10(12)3-2-4-11(9)13/h2-4,6,8H,5,7H2,1H3. The molecule has 3 heteroatoms. The van der Waals surface area contributed by atoms with Gasteiger partial charge in [-0.2, -0.15) is 0 Å². The molecule has 1 aliphatic heterocycles. The van der Waals surface area contributed by atoms with Crippen LogP contribution in [0.25, 0.3) is 0 Å². The van der Waals surface area contributed by atoms with Crippen molar-refractivity contribution in [3.05, 3.63) is 28.2 Å². The normalized spacial score (nSPS) is 19.6. The van der Waals surface area contributed by atoms with Gasteiger partial charge in [0.2, 0.25) is 0 Å². The maximum absolute atomic E-state index is 10.5. The van der Waals surface area contributed by atoms with E-state index in [1.165, 1.54) is 11.3 Å². The molecule has 0 aromatic heterocycles. The molecular formula is C11H12BrNO. The lowest BCUT2D eigenvalue weighted by molar-refractivity contribution is -0.108. The second-order valence-corrected chi connectivity index (χ2v) is 4.46. The van der Waals surface area contributed by atoms with Crippen LogP contribution in [0.4, 0.5) is 5.69 Å². The molecule has 1 aromatic carbocycles. The Morgan fingerprint density at radius 3 is 3.07 bits per heavy atom. The number of anilines is 1. The summed E-state index contributed by atoms with van der Waals surface area (Å²) in [7, 11) is 2.05. The first-order valence-corrected chi connectivity index (χ1v) is 5.47. The van der Waals surface area contributed by atoms with Crippen molar-refractivity contribution in [2.24, 2.45) is 0 Å². The molecule has 0 saturated heterocycles. The summed E-state index contributed by atoms with van der Waals surface area (Å²) in [6, 6.07) is 6.52. The average molecular weight is 254 g/mol. The van der Waals surface area contributed by atoms with Crippen LogP contribution in [0, 0.1) is 0 Å². The van der Waals surface area contributed by atoms with Gasteiger partial charge in [-0.05, 0) is 24.1 Å². The van der Waals surface area contributed by atoms with E-state index in [4.69, 9.17) is 0 Å². The van der Waals surface area contributed by atoms with E-state index in [9.17, 15) is 4.79 Å². The zero-order valence-electron chi connectivity index (χ0n) is 8.03. The topological polar surface area (TPSA) is 20.3 Å². The van der Waals surface area contributed by atoms with Gasteiger partial charge in [-0.25, -0.2) is 0 Å². The van der Waals surface area contributed by atoms with Crippen molar-refractivity contribution in [3.63, 3.8) is 0 Å². The van der Waals surface area contributed by atoms with Gasteiger partial charge in [0.1, 0.15) is 6.29 Å². The number of benzene rings is 1. The Morgan fingerprint density at radius 1 is 1.64 bits per heavy atom. The number of hydrogen-bond acceptors (Lipinski definition) is 2. The molecular weight excluding hydrogens is 242 g/mol. The fraction of sp³-hybridized carbons (Fsp3) is 0.364. The van der Waals surface area contributed by atoms with Crippen molar-refractivity contribution < 1.29 is 4.79 Å². The molecule has 0 N–H and O–H groups in total. The van der Waals surface area contributed by atoms with Crippen molar-refractivity contribution in [1.29, 1.82) is 0 Å². The molecule has 0 aliphatic carbocycles. The molecule has 0 radical (unpaired) electrons. The molecule has 1 aliphatic rings. The quantitative estimate of drug-likeness (QED) is 0.755. The third-order valence-corrected chi connectivity index (χ3v) is 3.57. The highest BCUT2D eigenvalue weighted by molar-refractivity contribution is 9.10. The zero-order valence-corrected chi connectivity index (χ0v) is 9.62. The summed E-state index contributed by atoms with van der Waals surface area (Å²) in [4.78, 5) is 12.7. The van der Waals surface area contributed by atoms with Gasteiger partial charge in [0, 0.05) is 29.7 Å². The van der Waals surface area contributed by atoms with E-state index in [0.717, 1.165) is 17.2 Å². The third kappa shape index (κ3) is 1.46. The van der Waals surface area contributed by atoms with E-state index in [-0.39, 0.29) is 0 Å². The molecule has 1 heterocycles. The van der Waals surface area contributed by atoms with Gasteiger partial charge < -0.3 is 9.69 Å². The van der Waals surface area contributed by atoms with Gasteiger partial charge in [-0.15, -0.1) is 0 Å². The fourth-order valence-corrected chi connectivity index (χ4v) is 2.52. The Bertz CT molecular complexity index is 364. The van der Waals surface area contributed by atoms with E-state index in [0.29, 0.717) is 12.5 Å². The maximum Gasteiger partial charge on any atom is 0.122 e. The smallest absolute Gasteiger partial charge is 0.122 e. The number of hydrogen-bond donors (Lipinski definition) is 0. The number of aldehydes is 1. The minimum absolute atomic E-state index is 0.334. The van der Waals surface area contributed by atoms with Crippen molar-refractivity contribution >= 4 is 27.9 Å². The summed E-state index contributed by atoms with van der Waals surface area (Å²) in [5, 5.41) is 0. The predicted molar refractivity (Wildman–Crippen MR) is 60.7 cm³/mol. The molecule has 1 aromatic rings. The lowest BCUT2D eigenvalue weighted by Gasteiger charge is -2.20. The zero-order chi connectivity index (χ0) is 10.1. The number of nitrogens with zero attached hydrogens (tertiary/aromatic N) is 1. The van der Waals surface area contributed by atoms with Gasteiger partial charge in [0.05, 0.1) is 0 Å². The number of halogens is 1. The van der Waals surface area contributed by atoms with E-state index >= 15 is 0 Å². The molecule has 74 valence electrons. The van der Waals surface area contributed by atoms with Crippen LogP contribution >= 0.6 is 15.9 Å². The number of rotatable bonds is 2. The number of likely N-dealkylation sites (N-methyl/N-ethyl adjacent to an activating group) is 1. The summed E-state index contributed by atoms with van der Waals surface area (Å²) in [5.74, 6) is 0. The summed E-state index contributed by atoms with van der Waals surface area (Å²) >= 11 is 3.54. The van der Waals surface area contributed by atoms with Crippen molar-refractivity contribution in [2.75, 3.05) is 11.9 Å². The highest BCUT2D eigenvalue weighted by Gasteiger charge is 2.27. The van der Waals surface area contributed by atoms with Crippen LogP contribution in [0.3, 0.4) is 0 Å². The van der Waals surface area contributed by atoms with Crippen molar-refractivity contribution in [3.8, 4) is 0 Å². The fourth-order valence-electron chi connectivity index (χ4n) is 2.00.